The van der Waals surface area contributed by atoms with Gasteiger partial charge in [-0.2, -0.15) is 0 Å². The zero-order chi connectivity index (χ0) is 9.00. The maximum absolute atomic E-state index is 8.52. The smallest absolute Gasteiger partial charge is 0.759 e. The van der Waals surface area contributed by atoms with E-state index < -0.39 is 20.8 Å². The Labute approximate surface area is 178 Å². The molecule has 0 rings (SSSR count). The van der Waals surface area contributed by atoms with Gasteiger partial charge < -0.3 is 18.2 Å². The van der Waals surface area contributed by atoms with Gasteiger partial charge in [-0.1, -0.05) is 0 Å². The molecule has 0 aliphatic heterocycles. The summed E-state index contributed by atoms with van der Waals surface area (Å²) < 4.78 is 68.2. The molecule has 0 aromatic carbocycles. The van der Waals surface area contributed by atoms with Crippen molar-refractivity contribution in [2.24, 2.45) is 0 Å². The second-order valence-corrected chi connectivity index (χ2v) is 2.45. The molecule has 0 aliphatic carbocycles. The van der Waals surface area contributed by atoms with Gasteiger partial charge in [-0.3, -0.25) is 16.8 Å². The molecule has 0 radical (unpaired) electrons. The van der Waals surface area contributed by atoms with Gasteiger partial charge in [-0.15, -0.1) is 0 Å². The summed E-state index contributed by atoms with van der Waals surface area (Å²) in [7, 11) is -10.3. The van der Waals surface area contributed by atoms with Gasteiger partial charge in [0.1, 0.15) is 0 Å². The van der Waals surface area contributed by atoms with E-state index in [0.717, 1.165) is 0 Å². The fourth-order valence-corrected chi connectivity index (χ4v) is 0. The topological polar surface area (TPSA) is 161 Å². The molecular formula is K2O8S2Sn+2. The second kappa shape index (κ2) is 13.9. The molecule has 64 valence electrons. The molecule has 0 bridgehead atoms. The normalized spacial score (nSPS) is 8.92. The van der Waals surface area contributed by atoms with Gasteiger partial charge in [0.2, 0.25) is 0 Å². The third kappa shape index (κ3) is 208. The Bertz CT molecular complexity index is 217. The molecule has 0 aromatic heterocycles. The Morgan fingerprint density at radius 2 is 0.615 bits per heavy atom. The molecular weight excluding hydrogens is 389 g/mol. The molecule has 8 nitrogen and oxygen atoms in total. The van der Waals surface area contributed by atoms with Crippen molar-refractivity contribution < 1.29 is 138 Å². The van der Waals surface area contributed by atoms with Crippen LogP contribution in [0.1, 0.15) is 0 Å². The summed E-state index contributed by atoms with van der Waals surface area (Å²) >= 11 is 0. The number of rotatable bonds is 0. The molecule has 0 aromatic rings. The van der Waals surface area contributed by atoms with Crippen LogP contribution in [0.25, 0.3) is 0 Å². The van der Waals surface area contributed by atoms with Crippen molar-refractivity contribution in [2.45, 2.75) is 0 Å². The zero-order valence-electron chi connectivity index (χ0n) is 6.58. The predicted molar refractivity (Wildman–Crippen MR) is 26.7 cm³/mol. The molecule has 0 saturated carbocycles. The summed E-state index contributed by atoms with van der Waals surface area (Å²) in [5.41, 5.74) is 0. The van der Waals surface area contributed by atoms with Crippen LogP contribution < -0.4 is 103 Å². The first kappa shape index (κ1) is 30.1. The van der Waals surface area contributed by atoms with Crippen molar-refractivity contribution in [1.29, 1.82) is 0 Å². The van der Waals surface area contributed by atoms with E-state index in [2.05, 4.69) is 0 Å². The first-order valence-corrected chi connectivity index (χ1v) is 4.00. The van der Waals surface area contributed by atoms with E-state index in [1.54, 1.807) is 0 Å². The maximum atomic E-state index is 8.52. The molecule has 13 heteroatoms. The van der Waals surface area contributed by atoms with E-state index >= 15 is 0 Å². The van der Waals surface area contributed by atoms with E-state index in [1.165, 1.54) is 0 Å². The maximum Gasteiger partial charge on any atom is 4.00 e. The molecule has 0 spiro atoms. The van der Waals surface area contributed by atoms with Crippen LogP contribution in [-0.4, -0.2) is 59.0 Å². The van der Waals surface area contributed by atoms with Crippen LogP contribution in [0.3, 0.4) is 0 Å². The minimum Gasteiger partial charge on any atom is -0.759 e. The van der Waals surface area contributed by atoms with Gasteiger partial charge in [0.15, 0.2) is 0 Å². The molecule has 0 atom stereocenters. The SMILES string of the molecule is O=S(=O)([O-])[O-].O=S(=O)([O-])[O-].[K+].[K+].[Sn+4]. The molecule has 0 amide bonds. The Balaban J connectivity index is -0.0000000267. The van der Waals surface area contributed by atoms with E-state index in [0.29, 0.717) is 0 Å². The minimum absolute atomic E-state index is 0. The van der Waals surface area contributed by atoms with Gasteiger partial charge in [-0.25, -0.2) is 0 Å². The number of hydrogen-bond acceptors (Lipinski definition) is 8. The number of hydrogen-bond donors (Lipinski definition) is 0. The molecule has 0 saturated heterocycles. The standard InChI is InChI=1S/2K.2H2O4S.Sn/c;;2*1-5(2,3)4;/h;;2*(H2,1,2,3,4);/q2*+1;;;+4/p-4. The summed E-state index contributed by atoms with van der Waals surface area (Å²) in [6, 6.07) is 0. The van der Waals surface area contributed by atoms with Crippen LogP contribution in [0.4, 0.5) is 0 Å². The average Bonchev–Trinajstić information content (AvgIpc) is 1.12. The third-order valence-electron chi connectivity index (χ3n) is 0. The van der Waals surface area contributed by atoms with Gasteiger partial charge in [-0.05, 0) is 0 Å². The van der Waals surface area contributed by atoms with Crippen LogP contribution in [0, 0.1) is 0 Å². The first-order chi connectivity index (χ1) is 4.00. The quantitative estimate of drug-likeness (QED) is 0.224. The summed E-state index contributed by atoms with van der Waals surface area (Å²) in [6.45, 7) is 0. The van der Waals surface area contributed by atoms with Crippen molar-refractivity contribution in [1.82, 2.24) is 0 Å². The van der Waals surface area contributed by atoms with Crippen molar-refractivity contribution >= 4 is 44.7 Å². The zero-order valence-corrected chi connectivity index (χ0v) is 17.3. The van der Waals surface area contributed by atoms with Crippen LogP contribution >= 0.6 is 0 Å². The Hall–Kier alpha value is 3.81. The van der Waals surface area contributed by atoms with E-state index in [4.69, 9.17) is 35.0 Å². The van der Waals surface area contributed by atoms with Crippen molar-refractivity contribution in [2.75, 3.05) is 0 Å². The summed E-state index contributed by atoms with van der Waals surface area (Å²) in [6.07, 6.45) is 0. The minimum atomic E-state index is -5.17. The Kier molecular flexibility index (Phi) is 32.2. The largest absolute Gasteiger partial charge is 4.00 e. The molecule has 0 N–H and O–H groups in total. The molecule has 13 heavy (non-hydrogen) atoms. The van der Waals surface area contributed by atoms with Crippen molar-refractivity contribution in [3.63, 3.8) is 0 Å². The second-order valence-electron chi connectivity index (χ2n) is 0.816. The van der Waals surface area contributed by atoms with Crippen LogP contribution in [0.2, 0.25) is 0 Å². The molecule has 0 fully saturated rings. The fraction of sp³-hybridized carbons (Fsp3) is 0. The molecule has 0 aliphatic rings. The van der Waals surface area contributed by atoms with Crippen LogP contribution in [-0.2, 0) is 20.8 Å². The van der Waals surface area contributed by atoms with Crippen LogP contribution in [0.15, 0.2) is 0 Å². The summed E-state index contributed by atoms with van der Waals surface area (Å²) in [5, 5.41) is 0. The molecule has 0 heterocycles. The predicted octanol–water partition coefficient (Wildman–Crippen LogP) is -9.05. The van der Waals surface area contributed by atoms with Gasteiger partial charge >= 0.3 is 127 Å². The molecule has 0 unspecified atom stereocenters. The van der Waals surface area contributed by atoms with Gasteiger partial charge in [0, 0.05) is 20.8 Å². The van der Waals surface area contributed by atoms with E-state index in [1.807, 2.05) is 0 Å². The van der Waals surface area contributed by atoms with Crippen molar-refractivity contribution in [3.05, 3.63) is 0 Å². The first-order valence-electron chi connectivity index (χ1n) is 1.33. The van der Waals surface area contributed by atoms with Crippen LogP contribution in [0.5, 0.6) is 0 Å². The Morgan fingerprint density at radius 3 is 0.615 bits per heavy atom. The van der Waals surface area contributed by atoms with E-state index in [9.17, 15) is 0 Å². The monoisotopic (exact) mass is 390 g/mol. The fourth-order valence-electron chi connectivity index (χ4n) is 0. The van der Waals surface area contributed by atoms with Gasteiger partial charge in [0.05, 0.1) is 0 Å². The summed E-state index contributed by atoms with van der Waals surface area (Å²) in [5.74, 6) is 0. The Morgan fingerprint density at radius 1 is 0.615 bits per heavy atom. The third-order valence-corrected chi connectivity index (χ3v) is 0. The van der Waals surface area contributed by atoms with Gasteiger partial charge in [0.25, 0.3) is 0 Å². The average molecular weight is 389 g/mol. The van der Waals surface area contributed by atoms with Crippen molar-refractivity contribution in [3.8, 4) is 0 Å². The van der Waals surface area contributed by atoms with E-state index in [-0.39, 0.29) is 127 Å². The summed E-state index contributed by atoms with van der Waals surface area (Å²) in [4.78, 5) is 0.